The highest BCUT2D eigenvalue weighted by atomic mass is 32.2. The monoisotopic (exact) mass is 566 g/mol. The molecule has 2 fully saturated rings. The van der Waals surface area contributed by atoms with Crippen LogP contribution in [0, 0.1) is 17.8 Å². The summed E-state index contributed by atoms with van der Waals surface area (Å²) in [6.45, 7) is 12.6. The Bertz CT molecular complexity index is 1230. The number of aliphatic hydroxyl groups excluding tert-OH is 1. The molecule has 8 nitrogen and oxygen atoms in total. The molecule has 3 amide bonds. The van der Waals surface area contributed by atoms with E-state index in [1.54, 1.807) is 33.5 Å². The molecule has 1 aromatic carbocycles. The SMILES string of the molecule is CCN(CC)c1ccc(N2CC=C[C@]34S[C@]5(C)C=CCN(C)C(=O)[C@@H]5[C@H]3C(=O)N([C@@H](CO)C(C)C)C4C2=O)cc1. The number of nitrogens with zero attached hydrogens (tertiary/aromatic N) is 4. The van der Waals surface area contributed by atoms with Gasteiger partial charge in [0.25, 0.3) is 5.91 Å². The summed E-state index contributed by atoms with van der Waals surface area (Å²) in [6.07, 6.45) is 8.08. The van der Waals surface area contributed by atoms with E-state index in [0.717, 1.165) is 24.5 Å². The molecule has 0 bridgehead atoms. The second kappa shape index (κ2) is 10.6. The van der Waals surface area contributed by atoms with Crippen LogP contribution in [0.25, 0.3) is 0 Å². The van der Waals surface area contributed by atoms with E-state index in [9.17, 15) is 19.5 Å². The van der Waals surface area contributed by atoms with Crippen molar-refractivity contribution in [3.8, 4) is 0 Å². The quantitative estimate of drug-likeness (QED) is 0.511. The minimum absolute atomic E-state index is 0.0737. The summed E-state index contributed by atoms with van der Waals surface area (Å²) in [6, 6.07) is 6.63. The lowest BCUT2D eigenvalue weighted by Gasteiger charge is -2.41. The van der Waals surface area contributed by atoms with Gasteiger partial charge >= 0.3 is 0 Å². The number of anilines is 2. The molecule has 0 saturated carbocycles. The fraction of sp³-hybridized carbons (Fsp3) is 0.581. The Morgan fingerprint density at radius 2 is 1.62 bits per heavy atom. The Balaban J connectivity index is 1.63. The highest BCUT2D eigenvalue weighted by Crippen LogP contribution is 2.66. The Hall–Kier alpha value is -2.78. The molecular formula is C31H42N4O4S. The maximum Gasteiger partial charge on any atom is 0.251 e. The van der Waals surface area contributed by atoms with Gasteiger partial charge in [-0.3, -0.25) is 14.4 Å². The Morgan fingerprint density at radius 1 is 0.975 bits per heavy atom. The van der Waals surface area contributed by atoms with Gasteiger partial charge < -0.3 is 24.7 Å². The topological polar surface area (TPSA) is 84.4 Å². The van der Waals surface area contributed by atoms with Gasteiger partial charge in [0.1, 0.15) is 6.04 Å². The summed E-state index contributed by atoms with van der Waals surface area (Å²) in [5.41, 5.74) is 1.86. The molecule has 0 radical (unpaired) electrons. The first-order valence-corrected chi connectivity index (χ1v) is 15.3. The maximum atomic E-state index is 14.7. The van der Waals surface area contributed by atoms with Gasteiger partial charge in [0.15, 0.2) is 0 Å². The number of hydrogen-bond donors (Lipinski definition) is 1. The van der Waals surface area contributed by atoms with E-state index < -0.39 is 33.4 Å². The van der Waals surface area contributed by atoms with Crippen molar-refractivity contribution in [1.29, 1.82) is 0 Å². The van der Waals surface area contributed by atoms with Crippen LogP contribution in [0.4, 0.5) is 11.4 Å². The van der Waals surface area contributed by atoms with Crippen molar-refractivity contribution in [3.63, 3.8) is 0 Å². The highest BCUT2D eigenvalue weighted by Gasteiger charge is 2.74. The maximum absolute atomic E-state index is 14.7. The molecule has 1 N–H and O–H groups in total. The molecule has 4 aliphatic heterocycles. The molecule has 1 aromatic rings. The molecule has 0 aromatic heterocycles. The molecule has 5 rings (SSSR count). The fourth-order valence-corrected chi connectivity index (χ4v) is 9.37. The van der Waals surface area contributed by atoms with Crippen molar-refractivity contribution in [2.24, 2.45) is 17.8 Å². The van der Waals surface area contributed by atoms with Crippen LogP contribution in [-0.2, 0) is 14.4 Å². The normalized spacial score (nSPS) is 32.2. The lowest BCUT2D eigenvalue weighted by Crippen LogP contribution is -2.58. The third-order valence-corrected chi connectivity index (χ3v) is 11.1. The molecule has 1 spiro atoms. The molecule has 1 unspecified atom stereocenters. The van der Waals surface area contributed by atoms with Crippen LogP contribution >= 0.6 is 11.8 Å². The molecular weight excluding hydrogens is 524 g/mol. The van der Waals surface area contributed by atoms with Gasteiger partial charge in [-0.25, -0.2) is 0 Å². The summed E-state index contributed by atoms with van der Waals surface area (Å²) in [5.74, 6) is -1.85. The van der Waals surface area contributed by atoms with Gasteiger partial charge in [-0.2, -0.15) is 0 Å². The first kappa shape index (κ1) is 28.7. The Labute approximate surface area is 242 Å². The first-order chi connectivity index (χ1) is 19.0. The van der Waals surface area contributed by atoms with Gasteiger partial charge in [-0.15, -0.1) is 11.8 Å². The Morgan fingerprint density at radius 3 is 2.23 bits per heavy atom. The number of benzene rings is 1. The Kier molecular flexibility index (Phi) is 7.59. The van der Waals surface area contributed by atoms with Crippen LogP contribution < -0.4 is 9.80 Å². The van der Waals surface area contributed by atoms with Crippen molar-refractivity contribution in [1.82, 2.24) is 9.80 Å². The van der Waals surface area contributed by atoms with Crippen LogP contribution in [-0.4, -0.2) is 94.0 Å². The molecule has 40 heavy (non-hydrogen) atoms. The molecule has 9 heteroatoms. The number of aliphatic hydroxyl groups is 1. The summed E-state index contributed by atoms with van der Waals surface area (Å²) < 4.78 is -1.56. The minimum atomic E-state index is -0.927. The number of likely N-dealkylation sites (N-methyl/N-ethyl adjacent to an activating group) is 1. The largest absolute Gasteiger partial charge is 0.394 e. The number of thioether (sulfide) groups is 1. The highest BCUT2D eigenvalue weighted by molar-refractivity contribution is 8.02. The third-order valence-electron chi connectivity index (χ3n) is 9.30. The summed E-state index contributed by atoms with van der Waals surface area (Å²) in [5, 5.41) is 10.5. The third kappa shape index (κ3) is 4.19. The van der Waals surface area contributed by atoms with Crippen molar-refractivity contribution >= 4 is 40.9 Å². The average molecular weight is 567 g/mol. The van der Waals surface area contributed by atoms with Crippen LogP contribution in [0.5, 0.6) is 0 Å². The summed E-state index contributed by atoms with van der Waals surface area (Å²) >= 11 is 1.57. The van der Waals surface area contributed by atoms with E-state index in [-0.39, 0.29) is 30.2 Å². The zero-order valence-corrected chi connectivity index (χ0v) is 25.2. The van der Waals surface area contributed by atoms with Gasteiger partial charge in [0.05, 0.1) is 29.2 Å². The first-order valence-electron chi connectivity index (χ1n) is 14.4. The van der Waals surface area contributed by atoms with Gasteiger partial charge in [-0.1, -0.05) is 38.2 Å². The van der Waals surface area contributed by atoms with Crippen molar-refractivity contribution in [2.75, 3.05) is 49.6 Å². The summed E-state index contributed by atoms with van der Waals surface area (Å²) in [7, 11) is 1.77. The standard InChI is InChI=1S/C31H42N4O4S/c1-7-33(8-2)21-11-13-22(14-12-21)34-18-10-16-31-25(24-27(37)32(6)17-9-15-30(24,5)40-31)28(38)35(26(31)29(34)39)23(19-36)20(3)4/h9-16,20,23-26,36H,7-8,17-19H2,1-6H3/t23-,24-,25-,26?,30+,31-/m0/s1. The van der Waals surface area contributed by atoms with Gasteiger partial charge in [0, 0.05) is 49.3 Å². The van der Waals surface area contributed by atoms with E-state index in [1.807, 2.05) is 63.3 Å². The predicted octanol–water partition coefficient (Wildman–Crippen LogP) is 3.17. The van der Waals surface area contributed by atoms with Gasteiger partial charge in [0.2, 0.25) is 11.8 Å². The molecule has 4 heterocycles. The number of fused-ring (bicyclic) bond motifs is 2. The average Bonchev–Trinajstić information content (AvgIpc) is 3.20. The van der Waals surface area contributed by atoms with Crippen molar-refractivity contribution in [2.45, 2.75) is 56.2 Å². The van der Waals surface area contributed by atoms with Crippen LogP contribution in [0.1, 0.15) is 34.6 Å². The van der Waals surface area contributed by atoms with E-state index in [1.165, 1.54) is 0 Å². The smallest absolute Gasteiger partial charge is 0.251 e. The molecule has 216 valence electrons. The van der Waals surface area contributed by atoms with Crippen LogP contribution in [0.2, 0.25) is 0 Å². The van der Waals surface area contributed by atoms with E-state index in [0.29, 0.717) is 13.1 Å². The van der Waals surface area contributed by atoms with E-state index in [4.69, 9.17) is 0 Å². The number of rotatable bonds is 7. The van der Waals surface area contributed by atoms with Gasteiger partial charge in [-0.05, 0) is 51.0 Å². The second-order valence-electron chi connectivity index (χ2n) is 11.9. The zero-order valence-electron chi connectivity index (χ0n) is 24.4. The van der Waals surface area contributed by atoms with E-state index in [2.05, 4.69) is 24.8 Å². The predicted molar refractivity (Wildman–Crippen MR) is 160 cm³/mol. The lowest BCUT2D eigenvalue weighted by molar-refractivity contribution is -0.145. The van der Waals surface area contributed by atoms with Crippen molar-refractivity contribution < 1.29 is 19.5 Å². The van der Waals surface area contributed by atoms with Crippen LogP contribution in [0.15, 0.2) is 48.6 Å². The number of hydrogen-bond acceptors (Lipinski definition) is 6. The van der Waals surface area contributed by atoms with E-state index >= 15 is 0 Å². The molecule has 4 aliphatic rings. The zero-order chi connectivity index (χ0) is 29.0. The lowest BCUT2D eigenvalue weighted by atomic mass is 9.74. The minimum Gasteiger partial charge on any atom is -0.394 e. The number of amides is 3. The van der Waals surface area contributed by atoms with Crippen LogP contribution in [0.3, 0.4) is 0 Å². The summed E-state index contributed by atoms with van der Waals surface area (Å²) in [4.78, 5) is 50.3. The molecule has 0 aliphatic carbocycles. The van der Waals surface area contributed by atoms with Crippen molar-refractivity contribution in [3.05, 3.63) is 48.6 Å². The molecule has 2 saturated heterocycles. The number of likely N-dealkylation sites (tertiary alicyclic amines) is 1. The molecule has 6 atom stereocenters. The number of carbonyl (C=O) groups excluding carboxylic acids is 3. The second-order valence-corrected chi connectivity index (χ2v) is 13.7. The number of carbonyl (C=O) groups is 3. The fourth-order valence-electron chi connectivity index (χ4n) is 7.22.